The summed E-state index contributed by atoms with van der Waals surface area (Å²) in [5, 5.41) is 0.649. The van der Waals surface area contributed by atoms with E-state index in [9.17, 15) is 9.59 Å². The first-order valence-electron chi connectivity index (χ1n) is 8.09. The van der Waals surface area contributed by atoms with Crippen molar-refractivity contribution in [2.45, 2.75) is 40.2 Å². The van der Waals surface area contributed by atoms with Crippen LogP contribution in [0.3, 0.4) is 0 Å². The van der Waals surface area contributed by atoms with Gasteiger partial charge in [0.25, 0.3) is 5.56 Å². The zero-order chi connectivity index (χ0) is 17.3. The van der Waals surface area contributed by atoms with Gasteiger partial charge in [0, 0.05) is 23.4 Å². The monoisotopic (exact) mass is 340 g/mol. The molecule has 0 N–H and O–H groups in total. The molecule has 0 atom stereocenters. The van der Waals surface area contributed by atoms with Crippen LogP contribution in [-0.2, 0) is 17.8 Å². The predicted octanol–water partition coefficient (Wildman–Crippen LogP) is 3.97. The van der Waals surface area contributed by atoms with E-state index < -0.39 is 0 Å². The molecule has 4 nitrogen and oxygen atoms in total. The third kappa shape index (κ3) is 3.17. The molecule has 2 heterocycles. The minimum Gasteiger partial charge on any atom is -0.300 e. The van der Waals surface area contributed by atoms with Crippen LogP contribution >= 0.6 is 11.3 Å². The molecule has 5 heteroatoms. The number of benzene rings is 1. The standard InChI is InChI=1S/C19H20N2O2S/c1-4-15-11-16-18(24-15)20-17(14-7-5-12(2)6-8-14)21(19(16)23)10-9-13(3)22/h5-8,11H,4,9-10H2,1-3H3. The van der Waals surface area contributed by atoms with Gasteiger partial charge >= 0.3 is 0 Å². The van der Waals surface area contributed by atoms with Gasteiger partial charge in [-0.25, -0.2) is 4.98 Å². The van der Waals surface area contributed by atoms with E-state index in [1.54, 1.807) is 22.8 Å². The third-order valence-electron chi connectivity index (χ3n) is 4.05. The summed E-state index contributed by atoms with van der Waals surface area (Å²) in [7, 11) is 0. The first-order valence-corrected chi connectivity index (χ1v) is 8.91. The molecule has 0 aliphatic heterocycles. The third-order valence-corrected chi connectivity index (χ3v) is 5.22. The van der Waals surface area contributed by atoms with E-state index in [1.165, 1.54) is 0 Å². The second-order valence-electron chi connectivity index (χ2n) is 6.00. The topological polar surface area (TPSA) is 52.0 Å². The van der Waals surface area contributed by atoms with Crippen molar-refractivity contribution in [2.24, 2.45) is 0 Å². The van der Waals surface area contributed by atoms with Crippen molar-refractivity contribution in [2.75, 3.05) is 0 Å². The molecule has 0 bridgehead atoms. The molecule has 3 aromatic rings. The highest BCUT2D eigenvalue weighted by atomic mass is 32.1. The Kier molecular flexibility index (Phi) is 4.62. The van der Waals surface area contributed by atoms with Gasteiger partial charge in [-0.1, -0.05) is 36.8 Å². The van der Waals surface area contributed by atoms with Crippen LogP contribution in [0.1, 0.15) is 30.7 Å². The van der Waals surface area contributed by atoms with E-state index in [1.807, 2.05) is 37.3 Å². The maximum Gasteiger partial charge on any atom is 0.262 e. The molecule has 0 radical (unpaired) electrons. The summed E-state index contributed by atoms with van der Waals surface area (Å²) in [6.45, 7) is 6.00. The van der Waals surface area contributed by atoms with Gasteiger partial charge < -0.3 is 0 Å². The zero-order valence-corrected chi connectivity index (χ0v) is 14.9. The van der Waals surface area contributed by atoms with Crippen LogP contribution in [0.2, 0.25) is 0 Å². The Hall–Kier alpha value is -2.27. The number of hydrogen-bond acceptors (Lipinski definition) is 4. The van der Waals surface area contributed by atoms with Crippen molar-refractivity contribution < 1.29 is 4.79 Å². The Bertz CT molecular complexity index is 952. The first kappa shape index (κ1) is 16.6. The van der Waals surface area contributed by atoms with Crippen molar-refractivity contribution in [3.8, 4) is 11.4 Å². The van der Waals surface area contributed by atoms with E-state index in [2.05, 4.69) is 6.92 Å². The quantitative estimate of drug-likeness (QED) is 0.706. The van der Waals surface area contributed by atoms with Gasteiger partial charge in [0.2, 0.25) is 0 Å². The lowest BCUT2D eigenvalue weighted by atomic mass is 10.1. The summed E-state index contributed by atoms with van der Waals surface area (Å²) >= 11 is 1.57. The van der Waals surface area contributed by atoms with Crippen molar-refractivity contribution in [1.29, 1.82) is 0 Å². The minimum atomic E-state index is -0.0622. The highest BCUT2D eigenvalue weighted by molar-refractivity contribution is 7.18. The Morgan fingerprint density at radius 3 is 2.58 bits per heavy atom. The fourth-order valence-corrected chi connectivity index (χ4v) is 3.60. The molecule has 0 spiro atoms. The van der Waals surface area contributed by atoms with Crippen LogP contribution in [0.5, 0.6) is 0 Å². The fourth-order valence-electron chi connectivity index (χ4n) is 2.64. The van der Waals surface area contributed by atoms with Crippen molar-refractivity contribution in [3.05, 3.63) is 51.1 Å². The highest BCUT2D eigenvalue weighted by Gasteiger charge is 2.15. The lowest BCUT2D eigenvalue weighted by molar-refractivity contribution is -0.117. The summed E-state index contributed by atoms with van der Waals surface area (Å²) in [6.07, 6.45) is 1.21. The van der Waals surface area contributed by atoms with Crippen LogP contribution in [0.4, 0.5) is 0 Å². The van der Waals surface area contributed by atoms with E-state index in [0.717, 1.165) is 27.3 Å². The van der Waals surface area contributed by atoms with Gasteiger partial charge in [0.1, 0.15) is 16.4 Å². The number of aryl methyl sites for hydroxylation is 2. The van der Waals surface area contributed by atoms with E-state index in [4.69, 9.17) is 4.98 Å². The largest absolute Gasteiger partial charge is 0.300 e. The van der Waals surface area contributed by atoms with Crippen LogP contribution < -0.4 is 5.56 Å². The predicted molar refractivity (Wildman–Crippen MR) is 98.7 cm³/mol. The number of fused-ring (bicyclic) bond motifs is 1. The van der Waals surface area contributed by atoms with Gasteiger partial charge in [-0.3, -0.25) is 14.2 Å². The summed E-state index contributed by atoms with van der Waals surface area (Å²) < 4.78 is 1.64. The number of thiophene rings is 1. The van der Waals surface area contributed by atoms with Gasteiger partial charge in [0.05, 0.1) is 5.39 Å². The number of carbonyl (C=O) groups excluding carboxylic acids is 1. The highest BCUT2D eigenvalue weighted by Crippen LogP contribution is 2.25. The molecule has 124 valence electrons. The number of rotatable bonds is 5. The average molecular weight is 340 g/mol. The zero-order valence-electron chi connectivity index (χ0n) is 14.1. The second-order valence-corrected chi connectivity index (χ2v) is 7.11. The van der Waals surface area contributed by atoms with E-state index >= 15 is 0 Å². The molecule has 0 amide bonds. The number of aromatic nitrogens is 2. The summed E-state index contributed by atoms with van der Waals surface area (Å²) in [4.78, 5) is 31.0. The van der Waals surface area contributed by atoms with Gasteiger partial charge in [0.15, 0.2) is 0 Å². The van der Waals surface area contributed by atoms with Crippen molar-refractivity contribution in [1.82, 2.24) is 9.55 Å². The number of nitrogens with zero attached hydrogens (tertiary/aromatic N) is 2. The summed E-state index contributed by atoms with van der Waals surface area (Å²) in [5.74, 6) is 0.703. The maximum atomic E-state index is 12.9. The average Bonchev–Trinajstić information content (AvgIpc) is 2.98. The normalized spacial score (nSPS) is 11.1. The molecule has 1 aromatic carbocycles. The number of Topliss-reactive ketones (excluding diaryl/α,β-unsaturated/α-hetero) is 1. The molecule has 0 saturated carbocycles. The molecule has 24 heavy (non-hydrogen) atoms. The Labute approximate surface area is 144 Å². The number of hydrogen-bond donors (Lipinski definition) is 0. The van der Waals surface area contributed by atoms with Gasteiger partial charge in [-0.05, 0) is 26.3 Å². The van der Waals surface area contributed by atoms with Crippen LogP contribution in [0.15, 0.2) is 35.1 Å². The van der Waals surface area contributed by atoms with Crippen molar-refractivity contribution >= 4 is 27.3 Å². The van der Waals surface area contributed by atoms with Gasteiger partial charge in [-0.2, -0.15) is 0 Å². The molecule has 0 aliphatic carbocycles. The van der Waals surface area contributed by atoms with Crippen LogP contribution in [0, 0.1) is 6.92 Å². The SMILES string of the molecule is CCc1cc2c(=O)n(CCC(C)=O)c(-c3ccc(C)cc3)nc2s1. The smallest absolute Gasteiger partial charge is 0.262 e. The van der Waals surface area contributed by atoms with E-state index in [0.29, 0.717) is 24.2 Å². The Balaban J connectivity index is 2.23. The number of carbonyl (C=O) groups is 1. The fraction of sp³-hybridized carbons (Fsp3) is 0.316. The Morgan fingerprint density at radius 2 is 1.96 bits per heavy atom. The van der Waals surface area contributed by atoms with Crippen LogP contribution in [-0.4, -0.2) is 15.3 Å². The molecule has 3 rings (SSSR count). The van der Waals surface area contributed by atoms with Gasteiger partial charge in [-0.15, -0.1) is 11.3 Å². The lowest BCUT2D eigenvalue weighted by Crippen LogP contribution is -2.24. The molecule has 0 unspecified atom stereocenters. The lowest BCUT2D eigenvalue weighted by Gasteiger charge is -2.12. The molecular weight excluding hydrogens is 320 g/mol. The summed E-state index contributed by atoms with van der Waals surface area (Å²) in [5.41, 5.74) is 1.99. The van der Waals surface area contributed by atoms with E-state index in [-0.39, 0.29) is 11.3 Å². The second kappa shape index (κ2) is 6.69. The molecule has 0 saturated heterocycles. The first-order chi connectivity index (χ1) is 11.5. The molecule has 0 fully saturated rings. The molecule has 0 aliphatic rings. The minimum absolute atomic E-state index is 0.0622. The Morgan fingerprint density at radius 1 is 1.25 bits per heavy atom. The molecule has 2 aromatic heterocycles. The summed E-state index contributed by atoms with van der Waals surface area (Å²) in [6, 6.07) is 9.89. The number of ketones is 1. The van der Waals surface area contributed by atoms with Crippen LogP contribution in [0.25, 0.3) is 21.6 Å². The molecular formula is C19H20N2O2S. The maximum absolute atomic E-state index is 12.9. The van der Waals surface area contributed by atoms with Crippen molar-refractivity contribution in [3.63, 3.8) is 0 Å².